The maximum absolute atomic E-state index is 12.2. The SMILES string of the molecule is Cc1cn([C@@H]2CN(Cc3cncs3)CC[C@@]2(C)O)c(=O)[nH]c1=O. The largest absolute Gasteiger partial charge is 0.388 e. The van der Waals surface area contributed by atoms with E-state index in [1.807, 2.05) is 6.20 Å². The maximum atomic E-state index is 12.2. The molecule has 0 aliphatic carbocycles. The van der Waals surface area contributed by atoms with E-state index in [4.69, 9.17) is 0 Å². The number of aromatic nitrogens is 3. The van der Waals surface area contributed by atoms with Crippen molar-refractivity contribution >= 4 is 11.3 Å². The third kappa shape index (κ3) is 3.29. The van der Waals surface area contributed by atoms with Gasteiger partial charge in [0, 0.05) is 42.5 Å². The number of hydrogen-bond acceptors (Lipinski definition) is 6. The number of rotatable bonds is 3. The van der Waals surface area contributed by atoms with E-state index in [9.17, 15) is 14.7 Å². The molecule has 23 heavy (non-hydrogen) atoms. The molecule has 3 heterocycles. The number of aryl methyl sites for hydroxylation is 1. The molecule has 0 unspecified atom stereocenters. The van der Waals surface area contributed by atoms with Crippen LogP contribution in [0.2, 0.25) is 0 Å². The summed E-state index contributed by atoms with van der Waals surface area (Å²) in [5.74, 6) is 0. The predicted molar refractivity (Wildman–Crippen MR) is 87.7 cm³/mol. The van der Waals surface area contributed by atoms with Gasteiger partial charge >= 0.3 is 5.69 Å². The lowest BCUT2D eigenvalue weighted by atomic mass is 9.88. The molecule has 2 aromatic heterocycles. The van der Waals surface area contributed by atoms with E-state index in [2.05, 4.69) is 14.9 Å². The summed E-state index contributed by atoms with van der Waals surface area (Å²) >= 11 is 1.59. The third-order valence-corrected chi connectivity index (χ3v) is 5.19. The Kier molecular flexibility index (Phi) is 4.22. The Morgan fingerprint density at radius 1 is 1.52 bits per heavy atom. The average Bonchev–Trinajstić information content (AvgIpc) is 2.98. The number of nitrogens with one attached hydrogen (secondary N) is 1. The minimum absolute atomic E-state index is 0.386. The van der Waals surface area contributed by atoms with Crippen LogP contribution >= 0.6 is 11.3 Å². The topological polar surface area (TPSA) is 91.2 Å². The Morgan fingerprint density at radius 2 is 2.30 bits per heavy atom. The molecule has 8 heteroatoms. The molecule has 7 nitrogen and oxygen atoms in total. The van der Waals surface area contributed by atoms with E-state index >= 15 is 0 Å². The minimum Gasteiger partial charge on any atom is -0.388 e. The lowest BCUT2D eigenvalue weighted by Crippen LogP contribution is -2.53. The molecular weight excluding hydrogens is 316 g/mol. The average molecular weight is 336 g/mol. The number of hydrogen-bond donors (Lipinski definition) is 2. The molecule has 2 atom stereocenters. The number of aliphatic hydroxyl groups is 1. The zero-order valence-electron chi connectivity index (χ0n) is 13.2. The lowest BCUT2D eigenvalue weighted by molar-refractivity contribution is -0.0541. The molecule has 1 fully saturated rings. The molecule has 0 spiro atoms. The van der Waals surface area contributed by atoms with E-state index in [-0.39, 0.29) is 5.56 Å². The Hall–Kier alpha value is -1.77. The molecule has 0 aromatic carbocycles. The van der Waals surface area contributed by atoms with Crippen LogP contribution in [0.25, 0.3) is 0 Å². The molecule has 2 aromatic rings. The smallest absolute Gasteiger partial charge is 0.328 e. The van der Waals surface area contributed by atoms with Crippen LogP contribution in [0.4, 0.5) is 0 Å². The summed E-state index contributed by atoms with van der Waals surface area (Å²) in [5, 5.41) is 10.7. The van der Waals surface area contributed by atoms with E-state index in [0.29, 0.717) is 18.5 Å². The predicted octanol–water partition coefficient (Wildman–Crippen LogP) is 0.500. The van der Waals surface area contributed by atoms with Crippen molar-refractivity contribution in [2.24, 2.45) is 0 Å². The van der Waals surface area contributed by atoms with Crippen LogP contribution in [0.1, 0.15) is 29.8 Å². The van der Waals surface area contributed by atoms with Gasteiger partial charge in [-0.15, -0.1) is 11.3 Å². The highest BCUT2D eigenvalue weighted by atomic mass is 32.1. The number of piperidine rings is 1. The van der Waals surface area contributed by atoms with Gasteiger partial charge in [-0.3, -0.25) is 24.2 Å². The van der Waals surface area contributed by atoms with Crippen molar-refractivity contribution in [2.75, 3.05) is 13.1 Å². The van der Waals surface area contributed by atoms with Crippen molar-refractivity contribution in [1.29, 1.82) is 0 Å². The van der Waals surface area contributed by atoms with Crippen molar-refractivity contribution in [1.82, 2.24) is 19.4 Å². The first-order chi connectivity index (χ1) is 10.9. The fraction of sp³-hybridized carbons (Fsp3) is 0.533. The van der Waals surface area contributed by atoms with Crippen LogP contribution in [0.5, 0.6) is 0 Å². The van der Waals surface area contributed by atoms with Crippen molar-refractivity contribution < 1.29 is 5.11 Å². The van der Waals surface area contributed by atoms with Gasteiger partial charge in [-0.05, 0) is 20.3 Å². The molecule has 3 rings (SSSR count). The van der Waals surface area contributed by atoms with Crippen molar-refractivity contribution in [3.05, 3.63) is 49.2 Å². The van der Waals surface area contributed by atoms with Gasteiger partial charge < -0.3 is 5.11 Å². The molecule has 2 N–H and O–H groups in total. The van der Waals surface area contributed by atoms with E-state index < -0.39 is 17.3 Å². The van der Waals surface area contributed by atoms with Crippen LogP contribution in [0.15, 0.2) is 27.5 Å². The molecule has 1 aliphatic rings. The van der Waals surface area contributed by atoms with E-state index in [0.717, 1.165) is 18.0 Å². The number of H-pyrrole nitrogens is 1. The highest BCUT2D eigenvalue weighted by Gasteiger charge is 2.39. The highest BCUT2D eigenvalue weighted by molar-refractivity contribution is 7.09. The molecule has 0 amide bonds. The summed E-state index contributed by atoms with van der Waals surface area (Å²) in [6.07, 6.45) is 3.93. The van der Waals surface area contributed by atoms with Gasteiger partial charge in [0.2, 0.25) is 0 Å². The monoisotopic (exact) mass is 336 g/mol. The van der Waals surface area contributed by atoms with Gasteiger partial charge in [0.1, 0.15) is 0 Å². The second-order valence-electron chi connectivity index (χ2n) is 6.30. The quantitative estimate of drug-likeness (QED) is 0.852. The first-order valence-corrected chi connectivity index (χ1v) is 8.39. The standard InChI is InChI=1S/C15H20N4O3S/c1-10-6-19(14(21)17-13(10)20)12-8-18(4-3-15(12,2)22)7-11-5-16-9-23-11/h5-6,9,12,22H,3-4,7-8H2,1-2H3,(H,17,20,21)/t12-,15-/m1/s1. The van der Waals surface area contributed by atoms with Gasteiger partial charge in [0.05, 0.1) is 17.2 Å². The second-order valence-corrected chi connectivity index (χ2v) is 7.28. The Labute approximate surface area is 137 Å². The lowest BCUT2D eigenvalue weighted by Gasteiger charge is -2.43. The number of nitrogens with zero attached hydrogens (tertiary/aromatic N) is 3. The first kappa shape index (κ1) is 16.1. The molecule has 1 saturated heterocycles. The van der Waals surface area contributed by atoms with E-state index in [1.54, 1.807) is 30.7 Å². The molecular formula is C15H20N4O3S. The summed E-state index contributed by atoms with van der Waals surface area (Å²) in [4.78, 5) is 33.5. The van der Waals surface area contributed by atoms with Crippen molar-refractivity contribution in [3.63, 3.8) is 0 Å². The Balaban J connectivity index is 1.90. The summed E-state index contributed by atoms with van der Waals surface area (Å²) < 4.78 is 1.45. The van der Waals surface area contributed by atoms with Crippen LogP contribution in [-0.4, -0.2) is 43.2 Å². The molecule has 1 aliphatic heterocycles. The first-order valence-electron chi connectivity index (χ1n) is 7.51. The van der Waals surface area contributed by atoms with Crippen LogP contribution in [0.3, 0.4) is 0 Å². The van der Waals surface area contributed by atoms with Crippen LogP contribution in [-0.2, 0) is 6.54 Å². The van der Waals surface area contributed by atoms with Gasteiger partial charge in [-0.1, -0.05) is 0 Å². The van der Waals surface area contributed by atoms with E-state index in [1.165, 1.54) is 10.8 Å². The molecule has 0 saturated carbocycles. The number of likely N-dealkylation sites (tertiary alicyclic amines) is 1. The molecule has 0 bridgehead atoms. The normalized spacial score (nSPS) is 25.6. The number of thiazole rings is 1. The second kappa shape index (κ2) is 6.03. The van der Waals surface area contributed by atoms with Crippen LogP contribution < -0.4 is 11.2 Å². The summed E-state index contributed by atoms with van der Waals surface area (Å²) in [6.45, 7) is 5.43. The summed E-state index contributed by atoms with van der Waals surface area (Å²) in [5.41, 5.74) is 0.384. The maximum Gasteiger partial charge on any atom is 0.328 e. The zero-order valence-corrected chi connectivity index (χ0v) is 14.0. The number of aromatic amines is 1. The van der Waals surface area contributed by atoms with Crippen molar-refractivity contribution in [3.8, 4) is 0 Å². The summed E-state index contributed by atoms with van der Waals surface area (Å²) in [6, 6.07) is -0.410. The molecule has 124 valence electrons. The Bertz CT molecular complexity index is 794. The van der Waals surface area contributed by atoms with Gasteiger partial charge in [0.25, 0.3) is 5.56 Å². The van der Waals surface area contributed by atoms with Gasteiger partial charge in [-0.25, -0.2) is 4.79 Å². The summed E-state index contributed by atoms with van der Waals surface area (Å²) in [7, 11) is 0. The highest BCUT2D eigenvalue weighted by Crippen LogP contribution is 2.31. The van der Waals surface area contributed by atoms with Gasteiger partial charge in [0.15, 0.2) is 0 Å². The van der Waals surface area contributed by atoms with Crippen LogP contribution in [0, 0.1) is 6.92 Å². The fourth-order valence-electron chi connectivity index (χ4n) is 2.97. The third-order valence-electron chi connectivity index (χ3n) is 4.43. The molecule has 0 radical (unpaired) electrons. The minimum atomic E-state index is -1.00. The fourth-order valence-corrected chi connectivity index (χ4v) is 3.61. The zero-order chi connectivity index (χ0) is 16.6. The Morgan fingerprint density at radius 3 is 3.00 bits per heavy atom. The van der Waals surface area contributed by atoms with Crippen molar-refractivity contribution in [2.45, 2.75) is 38.5 Å². The van der Waals surface area contributed by atoms with Gasteiger partial charge in [-0.2, -0.15) is 0 Å².